The predicted molar refractivity (Wildman–Crippen MR) is 86.0 cm³/mol. The normalized spacial score (nSPS) is 41.8. The molecule has 2 bridgehead atoms. The first-order valence-corrected chi connectivity index (χ1v) is 9.01. The quantitative estimate of drug-likeness (QED) is 0.899. The van der Waals surface area contributed by atoms with Crippen LogP contribution in [-0.4, -0.2) is 22.4 Å². The maximum atomic E-state index is 10.6. The predicted octanol–water partition coefficient (Wildman–Crippen LogP) is 3.86. The highest BCUT2D eigenvalue weighted by Crippen LogP contribution is 2.64. The summed E-state index contributed by atoms with van der Waals surface area (Å²) in [5, 5.41) is 11.2. The van der Waals surface area contributed by atoms with Crippen LogP contribution in [0.4, 0.5) is 0 Å². The van der Waals surface area contributed by atoms with Gasteiger partial charge in [0.1, 0.15) is 11.5 Å². The molecule has 0 unspecified atom stereocenters. The Bertz CT molecular complexity index is 515. The fourth-order valence-corrected chi connectivity index (χ4v) is 6.29. The van der Waals surface area contributed by atoms with Crippen molar-refractivity contribution < 1.29 is 9.84 Å². The van der Waals surface area contributed by atoms with Gasteiger partial charge in [-0.2, -0.15) is 0 Å². The molecule has 1 N–H and O–H groups in total. The molecule has 0 aromatic heterocycles. The van der Waals surface area contributed by atoms with Crippen molar-refractivity contribution in [3.05, 3.63) is 35.9 Å². The highest BCUT2D eigenvalue weighted by molar-refractivity contribution is 8.00. The van der Waals surface area contributed by atoms with Crippen molar-refractivity contribution in [2.24, 2.45) is 23.2 Å². The lowest BCUT2D eigenvalue weighted by Gasteiger charge is -2.63. The summed E-state index contributed by atoms with van der Waals surface area (Å²) in [7, 11) is 0. The van der Waals surface area contributed by atoms with Crippen molar-refractivity contribution in [2.75, 3.05) is 6.61 Å². The first-order valence-electron chi connectivity index (χ1n) is 8.07. The Morgan fingerprint density at radius 1 is 1.24 bits per heavy atom. The molecule has 0 amide bonds. The summed E-state index contributed by atoms with van der Waals surface area (Å²) in [6.45, 7) is 5.68. The van der Waals surface area contributed by atoms with Crippen LogP contribution in [0.25, 0.3) is 0 Å². The van der Waals surface area contributed by atoms with Crippen LogP contribution in [0.3, 0.4) is 0 Å². The van der Waals surface area contributed by atoms with Gasteiger partial charge in [-0.25, -0.2) is 0 Å². The van der Waals surface area contributed by atoms with Crippen molar-refractivity contribution in [3.63, 3.8) is 0 Å². The summed E-state index contributed by atoms with van der Waals surface area (Å²) in [6.07, 6.45) is 2.19. The molecule has 1 aliphatic heterocycles. The number of ether oxygens (including phenoxy) is 1. The van der Waals surface area contributed by atoms with E-state index in [0.29, 0.717) is 16.6 Å². The van der Waals surface area contributed by atoms with E-state index >= 15 is 0 Å². The van der Waals surface area contributed by atoms with Gasteiger partial charge < -0.3 is 9.84 Å². The molecule has 3 aliphatic carbocycles. The van der Waals surface area contributed by atoms with Gasteiger partial charge >= 0.3 is 0 Å². The molecule has 1 saturated heterocycles. The summed E-state index contributed by atoms with van der Waals surface area (Å²) >= 11 is 1.88. The third kappa shape index (κ3) is 2.16. The average Bonchev–Trinajstić information content (AvgIpc) is 2.53. The van der Waals surface area contributed by atoms with Crippen molar-refractivity contribution in [3.8, 4) is 0 Å². The first-order chi connectivity index (χ1) is 10.1. The van der Waals surface area contributed by atoms with E-state index in [9.17, 15) is 5.11 Å². The monoisotopic (exact) mass is 304 g/mol. The van der Waals surface area contributed by atoms with Gasteiger partial charge in [-0.05, 0) is 41.6 Å². The fourth-order valence-electron chi connectivity index (χ4n) is 4.67. The largest absolute Gasteiger partial charge is 0.385 e. The van der Waals surface area contributed by atoms with E-state index in [1.807, 2.05) is 42.1 Å². The number of hydrogen-bond donors (Lipinski definition) is 1. The zero-order valence-corrected chi connectivity index (χ0v) is 13.6. The van der Waals surface area contributed by atoms with Gasteiger partial charge in [0.2, 0.25) is 0 Å². The lowest BCUT2D eigenvalue weighted by atomic mass is 9.45. The fraction of sp³-hybridized carbons (Fsp3) is 0.667. The Hall–Kier alpha value is -0.510. The molecule has 3 heteroatoms. The molecule has 3 saturated carbocycles. The molecule has 21 heavy (non-hydrogen) atoms. The first kappa shape index (κ1) is 14.1. The molecule has 1 aromatic rings. The van der Waals surface area contributed by atoms with Crippen LogP contribution in [0.2, 0.25) is 0 Å². The third-order valence-corrected chi connectivity index (χ3v) is 7.77. The van der Waals surface area contributed by atoms with E-state index in [1.54, 1.807) is 0 Å². The Labute approximate surface area is 131 Å². The molecule has 0 radical (unpaired) electrons. The van der Waals surface area contributed by atoms with Gasteiger partial charge in [0.05, 0.1) is 6.61 Å². The average molecular weight is 304 g/mol. The molecule has 0 spiro atoms. The number of thioether (sulfide) groups is 1. The zero-order valence-electron chi connectivity index (χ0n) is 12.7. The van der Waals surface area contributed by atoms with E-state index in [1.165, 1.54) is 12.8 Å². The summed E-state index contributed by atoms with van der Waals surface area (Å²) < 4.78 is 6.06. The number of benzene rings is 1. The minimum atomic E-state index is -0.511. The molecule has 4 aliphatic rings. The van der Waals surface area contributed by atoms with Crippen LogP contribution in [0, 0.1) is 23.2 Å². The van der Waals surface area contributed by atoms with E-state index in [0.717, 1.165) is 24.0 Å². The summed E-state index contributed by atoms with van der Waals surface area (Å²) in [4.78, 5) is 0. The lowest BCUT2D eigenvalue weighted by molar-refractivity contribution is -0.135. The van der Waals surface area contributed by atoms with Gasteiger partial charge in [0, 0.05) is 5.25 Å². The number of rotatable bonds is 2. The molecule has 2 nitrogen and oxygen atoms in total. The molecule has 1 aromatic carbocycles. The van der Waals surface area contributed by atoms with Crippen molar-refractivity contribution in [1.82, 2.24) is 0 Å². The molecule has 114 valence electrons. The van der Waals surface area contributed by atoms with Crippen LogP contribution >= 0.6 is 11.8 Å². The number of aliphatic hydroxyl groups is 1. The van der Waals surface area contributed by atoms with Crippen LogP contribution in [0.15, 0.2) is 30.3 Å². The van der Waals surface area contributed by atoms with Crippen molar-refractivity contribution in [2.45, 2.75) is 43.5 Å². The maximum Gasteiger partial charge on any atom is 0.133 e. The molecule has 1 heterocycles. The topological polar surface area (TPSA) is 29.5 Å². The van der Waals surface area contributed by atoms with Gasteiger partial charge in [0.25, 0.3) is 0 Å². The second-order valence-corrected chi connectivity index (χ2v) is 8.83. The maximum absolute atomic E-state index is 10.6. The highest BCUT2D eigenvalue weighted by Gasteiger charge is 2.59. The van der Waals surface area contributed by atoms with E-state index in [2.05, 4.69) is 13.8 Å². The number of aliphatic hydroxyl groups excluding tert-OH is 1. The van der Waals surface area contributed by atoms with Crippen LogP contribution in [-0.2, 0) is 4.74 Å². The molecule has 4 fully saturated rings. The summed E-state index contributed by atoms with van der Waals surface area (Å²) in [5.41, 5.74) is 1.37. The van der Waals surface area contributed by atoms with Gasteiger partial charge in [-0.1, -0.05) is 44.2 Å². The lowest BCUT2D eigenvalue weighted by Crippen LogP contribution is -2.59. The van der Waals surface area contributed by atoms with E-state index in [4.69, 9.17) is 4.74 Å². The molecular formula is C18H24O2S. The Morgan fingerprint density at radius 2 is 2.00 bits per heavy atom. The molecule has 6 atom stereocenters. The molecular weight excluding hydrogens is 280 g/mol. The third-order valence-electron chi connectivity index (χ3n) is 6.22. The summed E-state index contributed by atoms with van der Waals surface area (Å²) in [5.74, 6) is 2.39. The second kappa shape index (κ2) is 5.00. The van der Waals surface area contributed by atoms with Crippen LogP contribution < -0.4 is 0 Å². The minimum Gasteiger partial charge on any atom is -0.385 e. The zero-order chi connectivity index (χ0) is 14.6. The molecule has 5 rings (SSSR count). The van der Waals surface area contributed by atoms with Gasteiger partial charge in [-0.3, -0.25) is 0 Å². The SMILES string of the molecule is CC1(C)[C@H]2C[C@@H]3S[C@H]([C@H](O)c4ccccc4)OC[C@H]3[C@@H]1C2. The van der Waals surface area contributed by atoms with Crippen molar-refractivity contribution in [1.29, 1.82) is 0 Å². The number of hydrogen-bond acceptors (Lipinski definition) is 3. The highest BCUT2D eigenvalue weighted by atomic mass is 32.2. The second-order valence-electron chi connectivity index (χ2n) is 7.49. The van der Waals surface area contributed by atoms with E-state index < -0.39 is 6.10 Å². The van der Waals surface area contributed by atoms with Crippen LogP contribution in [0.5, 0.6) is 0 Å². The van der Waals surface area contributed by atoms with Crippen LogP contribution in [0.1, 0.15) is 38.4 Å². The smallest absolute Gasteiger partial charge is 0.133 e. The Morgan fingerprint density at radius 3 is 2.71 bits per heavy atom. The minimum absolute atomic E-state index is 0.103. The summed E-state index contributed by atoms with van der Waals surface area (Å²) in [6, 6.07) is 9.92. The van der Waals surface area contributed by atoms with E-state index in [-0.39, 0.29) is 5.44 Å². The standard InChI is InChI=1S/C18H24O2S/c1-18(2)12-8-14(18)13-10-20-17(21-15(13)9-12)16(19)11-6-4-3-5-7-11/h3-7,12-17,19H,8-10H2,1-2H3/t12-,13+,14+,15+,16-,17-/m1/s1. The Balaban J connectivity index is 1.47. The van der Waals surface area contributed by atoms with Crippen molar-refractivity contribution >= 4 is 11.8 Å². The van der Waals surface area contributed by atoms with Gasteiger partial charge in [0.15, 0.2) is 0 Å². The van der Waals surface area contributed by atoms with Gasteiger partial charge in [-0.15, -0.1) is 11.8 Å². The Kier molecular flexibility index (Phi) is 3.36.